The molecule has 2 aromatic rings. The summed E-state index contributed by atoms with van der Waals surface area (Å²) in [5.41, 5.74) is 3.21. The van der Waals surface area contributed by atoms with Crippen molar-refractivity contribution in [3.63, 3.8) is 0 Å². The largest absolute Gasteiger partial charge is 0.333 e. The van der Waals surface area contributed by atoms with Crippen LogP contribution >= 0.6 is 0 Å². The van der Waals surface area contributed by atoms with E-state index in [0.717, 1.165) is 48.4 Å². The average molecular weight is 297 g/mol. The summed E-state index contributed by atoms with van der Waals surface area (Å²) < 4.78 is 2.23. The molecule has 1 amide bonds. The fourth-order valence-electron chi connectivity index (χ4n) is 3.32. The molecule has 4 nitrogen and oxygen atoms in total. The maximum Gasteiger partial charge on any atom is 0.222 e. The molecule has 116 valence electrons. The Kier molecular flexibility index (Phi) is 4.01. The van der Waals surface area contributed by atoms with Gasteiger partial charge < -0.3 is 9.47 Å². The van der Waals surface area contributed by atoms with Gasteiger partial charge in [-0.25, -0.2) is 4.98 Å². The maximum absolute atomic E-state index is 12.2. The van der Waals surface area contributed by atoms with E-state index in [1.807, 2.05) is 36.9 Å². The van der Waals surface area contributed by atoms with Crippen LogP contribution in [0.25, 0.3) is 11.0 Å². The Balaban J connectivity index is 2.09. The zero-order valence-corrected chi connectivity index (χ0v) is 13.4. The minimum absolute atomic E-state index is 0.0965. The third-order valence-electron chi connectivity index (χ3n) is 4.29. The average Bonchev–Trinajstić information content (AvgIpc) is 3.11. The standard InChI is InChI=1S/C18H23N3O/c1-4-17(22)20-11-7-10-16(20)18-19-14-8-5-6-9-15(14)21(18)12-13(2)3/h5-6,8-9,16H,2,4,7,10-12H2,1,3H3/t16-/m1/s1. The van der Waals surface area contributed by atoms with Crippen molar-refractivity contribution in [3.05, 3.63) is 42.2 Å². The SMILES string of the molecule is C=C(C)Cn1c([C@H]2CCCN2C(=O)CC)nc2ccccc21. The highest BCUT2D eigenvalue weighted by Crippen LogP contribution is 2.34. The molecule has 1 aliphatic rings. The summed E-state index contributed by atoms with van der Waals surface area (Å²) in [6.45, 7) is 9.59. The molecule has 1 aromatic carbocycles. The zero-order valence-electron chi connectivity index (χ0n) is 13.4. The number of carbonyl (C=O) groups is 1. The third-order valence-corrected chi connectivity index (χ3v) is 4.29. The number of benzene rings is 1. The summed E-state index contributed by atoms with van der Waals surface area (Å²) >= 11 is 0. The van der Waals surface area contributed by atoms with E-state index in [1.54, 1.807) is 0 Å². The van der Waals surface area contributed by atoms with Gasteiger partial charge in [0, 0.05) is 19.5 Å². The van der Waals surface area contributed by atoms with Crippen molar-refractivity contribution in [2.75, 3.05) is 6.54 Å². The van der Waals surface area contributed by atoms with Gasteiger partial charge in [-0.2, -0.15) is 0 Å². The Hall–Kier alpha value is -2.10. The summed E-state index contributed by atoms with van der Waals surface area (Å²) in [6.07, 6.45) is 2.59. The van der Waals surface area contributed by atoms with Crippen LogP contribution in [0.15, 0.2) is 36.4 Å². The second-order valence-corrected chi connectivity index (χ2v) is 6.10. The van der Waals surface area contributed by atoms with E-state index in [2.05, 4.69) is 17.2 Å². The predicted molar refractivity (Wildman–Crippen MR) is 88.5 cm³/mol. The fraction of sp³-hybridized carbons (Fsp3) is 0.444. The lowest BCUT2D eigenvalue weighted by Crippen LogP contribution is -2.31. The van der Waals surface area contributed by atoms with Gasteiger partial charge in [0.15, 0.2) is 0 Å². The molecule has 0 spiro atoms. The van der Waals surface area contributed by atoms with Crippen LogP contribution < -0.4 is 0 Å². The first-order chi connectivity index (χ1) is 10.6. The highest BCUT2D eigenvalue weighted by Gasteiger charge is 2.32. The first-order valence-corrected chi connectivity index (χ1v) is 8.00. The molecule has 0 radical (unpaired) electrons. The number of nitrogens with zero attached hydrogens (tertiary/aromatic N) is 3. The number of fused-ring (bicyclic) bond motifs is 1. The monoisotopic (exact) mass is 297 g/mol. The Bertz CT molecular complexity index is 716. The summed E-state index contributed by atoms with van der Waals surface area (Å²) in [7, 11) is 0. The van der Waals surface area contributed by atoms with E-state index in [0.29, 0.717) is 6.42 Å². The van der Waals surface area contributed by atoms with Crippen LogP contribution in [0, 0.1) is 0 Å². The highest BCUT2D eigenvalue weighted by atomic mass is 16.2. The lowest BCUT2D eigenvalue weighted by atomic mass is 10.2. The maximum atomic E-state index is 12.2. The molecular weight excluding hydrogens is 274 g/mol. The lowest BCUT2D eigenvalue weighted by molar-refractivity contribution is -0.131. The van der Waals surface area contributed by atoms with E-state index in [-0.39, 0.29) is 11.9 Å². The van der Waals surface area contributed by atoms with E-state index < -0.39 is 0 Å². The second kappa shape index (κ2) is 5.95. The van der Waals surface area contributed by atoms with E-state index in [4.69, 9.17) is 4.98 Å². The van der Waals surface area contributed by atoms with Crippen molar-refractivity contribution in [1.82, 2.24) is 14.5 Å². The van der Waals surface area contributed by atoms with Gasteiger partial charge in [-0.15, -0.1) is 0 Å². The van der Waals surface area contributed by atoms with Crippen LogP contribution in [0.1, 0.15) is 45.0 Å². The number of hydrogen-bond donors (Lipinski definition) is 0. The van der Waals surface area contributed by atoms with Crippen LogP contribution in [-0.2, 0) is 11.3 Å². The van der Waals surface area contributed by atoms with Crippen LogP contribution in [0.4, 0.5) is 0 Å². The predicted octanol–water partition coefficient (Wildman–Crippen LogP) is 3.69. The molecule has 1 saturated heterocycles. The van der Waals surface area contributed by atoms with E-state index in [1.165, 1.54) is 0 Å². The molecule has 1 aromatic heterocycles. The highest BCUT2D eigenvalue weighted by molar-refractivity contribution is 5.78. The summed E-state index contributed by atoms with van der Waals surface area (Å²) in [5, 5.41) is 0. The number of hydrogen-bond acceptors (Lipinski definition) is 2. The minimum atomic E-state index is 0.0965. The summed E-state index contributed by atoms with van der Waals surface area (Å²) in [6, 6.07) is 8.27. The van der Waals surface area contributed by atoms with Crippen molar-refractivity contribution in [3.8, 4) is 0 Å². The smallest absolute Gasteiger partial charge is 0.222 e. The molecular formula is C18H23N3O. The molecule has 1 aliphatic heterocycles. The molecule has 0 saturated carbocycles. The quantitative estimate of drug-likeness (QED) is 0.807. The normalized spacial score (nSPS) is 18.1. The number of rotatable bonds is 4. The van der Waals surface area contributed by atoms with Crippen LogP contribution in [0.3, 0.4) is 0 Å². The van der Waals surface area contributed by atoms with Crippen molar-refractivity contribution in [1.29, 1.82) is 0 Å². The number of para-hydroxylation sites is 2. The van der Waals surface area contributed by atoms with Gasteiger partial charge in [0.2, 0.25) is 5.91 Å². The zero-order chi connectivity index (χ0) is 15.7. The van der Waals surface area contributed by atoms with Crippen molar-refractivity contribution < 1.29 is 4.79 Å². The number of amides is 1. The van der Waals surface area contributed by atoms with E-state index in [9.17, 15) is 4.79 Å². The van der Waals surface area contributed by atoms with Crippen molar-refractivity contribution in [2.45, 2.75) is 45.7 Å². The summed E-state index contributed by atoms with van der Waals surface area (Å²) in [5.74, 6) is 1.22. The number of likely N-dealkylation sites (tertiary alicyclic amines) is 1. The first-order valence-electron chi connectivity index (χ1n) is 8.00. The Morgan fingerprint density at radius 1 is 1.41 bits per heavy atom. The molecule has 2 heterocycles. The van der Waals surface area contributed by atoms with Crippen LogP contribution in [-0.4, -0.2) is 26.9 Å². The van der Waals surface area contributed by atoms with Gasteiger partial charge in [0.05, 0.1) is 17.1 Å². The van der Waals surface area contributed by atoms with Gasteiger partial charge in [-0.3, -0.25) is 4.79 Å². The van der Waals surface area contributed by atoms with Crippen molar-refractivity contribution >= 4 is 16.9 Å². The lowest BCUT2D eigenvalue weighted by Gasteiger charge is -2.25. The molecule has 3 rings (SSSR count). The van der Waals surface area contributed by atoms with E-state index >= 15 is 0 Å². The van der Waals surface area contributed by atoms with Gasteiger partial charge in [0.25, 0.3) is 0 Å². The Morgan fingerprint density at radius 2 is 2.18 bits per heavy atom. The molecule has 1 atom stereocenters. The number of carbonyl (C=O) groups excluding carboxylic acids is 1. The van der Waals surface area contributed by atoms with Gasteiger partial charge in [-0.1, -0.05) is 31.2 Å². The molecule has 22 heavy (non-hydrogen) atoms. The minimum Gasteiger partial charge on any atom is -0.333 e. The van der Waals surface area contributed by atoms with Crippen LogP contribution in [0.2, 0.25) is 0 Å². The van der Waals surface area contributed by atoms with Gasteiger partial charge in [-0.05, 0) is 31.9 Å². The molecule has 0 unspecified atom stereocenters. The van der Waals surface area contributed by atoms with Gasteiger partial charge in [0.1, 0.15) is 5.82 Å². The van der Waals surface area contributed by atoms with Crippen LogP contribution in [0.5, 0.6) is 0 Å². The number of aromatic nitrogens is 2. The molecule has 0 N–H and O–H groups in total. The Morgan fingerprint density at radius 3 is 2.91 bits per heavy atom. The van der Waals surface area contributed by atoms with Gasteiger partial charge >= 0.3 is 0 Å². The third kappa shape index (κ3) is 2.54. The fourth-order valence-corrected chi connectivity index (χ4v) is 3.32. The topological polar surface area (TPSA) is 38.1 Å². The first kappa shape index (κ1) is 14.8. The van der Waals surface area contributed by atoms with Crippen molar-refractivity contribution in [2.24, 2.45) is 0 Å². The number of imidazole rings is 1. The molecule has 0 aliphatic carbocycles. The summed E-state index contributed by atoms with van der Waals surface area (Å²) in [4.78, 5) is 19.1. The molecule has 1 fully saturated rings. The molecule has 0 bridgehead atoms. The molecule has 4 heteroatoms. The second-order valence-electron chi connectivity index (χ2n) is 6.10. The Labute approximate surface area is 131 Å². The number of allylic oxidation sites excluding steroid dienone is 1.